The molecule has 6 nitrogen and oxygen atoms in total. The minimum Gasteiger partial charge on any atom is -0.480 e. The van der Waals surface area contributed by atoms with Gasteiger partial charge in [-0.15, -0.1) is 11.8 Å². The summed E-state index contributed by atoms with van der Waals surface area (Å²) in [4.78, 5) is 24.9. The molecule has 98 valence electrons. The lowest BCUT2D eigenvalue weighted by Gasteiger charge is -2.19. The second-order valence-corrected chi connectivity index (χ2v) is 5.22. The molecule has 1 atom stereocenters. The fourth-order valence-electron chi connectivity index (χ4n) is 2.10. The molecule has 0 aliphatic carbocycles. The van der Waals surface area contributed by atoms with Crippen molar-refractivity contribution in [1.29, 1.82) is 0 Å². The molecular formula is C12H11N3O3S. The van der Waals surface area contributed by atoms with Crippen molar-refractivity contribution in [2.75, 3.05) is 11.6 Å². The monoisotopic (exact) mass is 277 g/mol. The van der Waals surface area contributed by atoms with Crippen LogP contribution in [0.2, 0.25) is 0 Å². The van der Waals surface area contributed by atoms with Gasteiger partial charge in [0.1, 0.15) is 6.04 Å². The topological polar surface area (TPSA) is 74.9 Å². The second kappa shape index (κ2) is 4.58. The molecule has 19 heavy (non-hydrogen) atoms. The highest BCUT2D eigenvalue weighted by Gasteiger charge is 2.35. The molecule has 1 N–H and O–H groups in total. The predicted octanol–water partition coefficient (Wildman–Crippen LogP) is 0.934. The van der Waals surface area contributed by atoms with Crippen LogP contribution in [0.1, 0.15) is 10.4 Å². The van der Waals surface area contributed by atoms with Crippen LogP contribution in [0.15, 0.2) is 30.6 Å². The highest BCUT2D eigenvalue weighted by atomic mass is 32.2. The fourth-order valence-corrected chi connectivity index (χ4v) is 3.25. The quantitative estimate of drug-likeness (QED) is 0.884. The van der Waals surface area contributed by atoms with E-state index in [1.54, 1.807) is 16.8 Å². The van der Waals surface area contributed by atoms with Gasteiger partial charge in [0.2, 0.25) is 0 Å². The summed E-state index contributed by atoms with van der Waals surface area (Å²) in [5.74, 6) is -0.409. The van der Waals surface area contributed by atoms with Gasteiger partial charge < -0.3 is 10.0 Å². The molecule has 1 amide bonds. The average Bonchev–Trinajstić information content (AvgIpc) is 3.05. The Morgan fingerprint density at radius 3 is 3.05 bits per heavy atom. The van der Waals surface area contributed by atoms with E-state index in [9.17, 15) is 9.59 Å². The first-order valence-corrected chi connectivity index (χ1v) is 6.88. The van der Waals surface area contributed by atoms with E-state index in [4.69, 9.17) is 5.11 Å². The smallest absolute Gasteiger partial charge is 0.327 e. The van der Waals surface area contributed by atoms with E-state index >= 15 is 0 Å². The van der Waals surface area contributed by atoms with Crippen molar-refractivity contribution in [3.8, 4) is 0 Å². The van der Waals surface area contributed by atoms with E-state index in [1.807, 2.05) is 12.1 Å². The van der Waals surface area contributed by atoms with Gasteiger partial charge in [-0.2, -0.15) is 5.10 Å². The fraction of sp³-hybridized carbons (Fsp3) is 0.250. The van der Waals surface area contributed by atoms with Gasteiger partial charge in [0, 0.05) is 11.9 Å². The van der Waals surface area contributed by atoms with E-state index in [0.29, 0.717) is 22.7 Å². The van der Waals surface area contributed by atoms with Crippen LogP contribution in [0.5, 0.6) is 0 Å². The van der Waals surface area contributed by atoms with E-state index in [2.05, 4.69) is 5.10 Å². The third-order valence-electron chi connectivity index (χ3n) is 3.09. The van der Waals surface area contributed by atoms with Gasteiger partial charge in [-0.25, -0.2) is 9.31 Å². The lowest BCUT2D eigenvalue weighted by atomic mass is 10.2. The molecule has 0 spiro atoms. The van der Waals surface area contributed by atoms with Crippen molar-refractivity contribution in [2.24, 2.45) is 0 Å². The zero-order valence-electron chi connectivity index (χ0n) is 9.89. The number of pyridine rings is 1. The van der Waals surface area contributed by atoms with Crippen molar-refractivity contribution >= 4 is 29.2 Å². The summed E-state index contributed by atoms with van der Waals surface area (Å²) in [5, 5.41) is 13.2. The van der Waals surface area contributed by atoms with Crippen LogP contribution in [-0.2, 0) is 4.79 Å². The maximum Gasteiger partial charge on any atom is 0.327 e. The number of carbonyl (C=O) groups excluding carboxylic acids is 1. The first-order chi connectivity index (χ1) is 9.18. The molecule has 1 aliphatic heterocycles. The van der Waals surface area contributed by atoms with Gasteiger partial charge in [0.15, 0.2) is 0 Å². The molecule has 7 heteroatoms. The van der Waals surface area contributed by atoms with Crippen molar-refractivity contribution in [3.63, 3.8) is 0 Å². The van der Waals surface area contributed by atoms with E-state index in [1.165, 1.54) is 22.9 Å². The first kappa shape index (κ1) is 12.0. The maximum absolute atomic E-state index is 12.4. The number of carboxylic acids is 1. The van der Waals surface area contributed by atoms with Crippen LogP contribution < -0.4 is 0 Å². The average molecular weight is 277 g/mol. The van der Waals surface area contributed by atoms with Gasteiger partial charge in [-0.05, 0) is 12.1 Å². The minimum absolute atomic E-state index is 0.279. The molecule has 1 saturated heterocycles. The number of amides is 1. The molecule has 0 saturated carbocycles. The lowest BCUT2D eigenvalue weighted by molar-refractivity contribution is -0.140. The number of aliphatic carboxylic acids is 1. The van der Waals surface area contributed by atoms with Crippen LogP contribution in [0.3, 0.4) is 0 Å². The van der Waals surface area contributed by atoms with E-state index in [0.717, 1.165) is 0 Å². The van der Waals surface area contributed by atoms with Crippen LogP contribution in [0.25, 0.3) is 5.52 Å². The van der Waals surface area contributed by atoms with Gasteiger partial charge >= 0.3 is 5.97 Å². The molecule has 3 rings (SSSR count). The Morgan fingerprint density at radius 1 is 1.42 bits per heavy atom. The maximum atomic E-state index is 12.4. The van der Waals surface area contributed by atoms with Crippen molar-refractivity contribution in [3.05, 3.63) is 36.2 Å². The minimum atomic E-state index is -0.963. The van der Waals surface area contributed by atoms with Crippen molar-refractivity contribution < 1.29 is 14.7 Å². The molecule has 0 unspecified atom stereocenters. The number of aromatic nitrogens is 2. The second-order valence-electron chi connectivity index (χ2n) is 4.22. The Balaban J connectivity index is 1.98. The highest BCUT2D eigenvalue weighted by Crippen LogP contribution is 2.24. The molecule has 2 aromatic heterocycles. The molecule has 1 aliphatic rings. The van der Waals surface area contributed by atoms with Gasteiger partial charge in [0.05, 0.1) is 23.2 Å². The SMILES string of the molecule is O=C(O)[C@@H]1CSCN1C(=O)c1cnn2ccccc12. The Hall–Kier alpha value is -2.02. The number of carboxylic acid groups (broad SMARTS) is 1. The van der Waals surface area contributed by atoms with Gasteiger partial charge in [-0.1, -0.05) is 6.07 Å². The Kier molecular flexibility index (Phi) is 2.90. The largest absolute Gasteiger partial charge is 0.480 e. The summed E-state index contributed by atoms with van der Waals surface area (Å²) in [6.45, 7) is 0. The summed E-state index contributed by atoms with van der Waals surface area (Å²) in [5.41, 5.74) is 1.13. The van der Waals surface area contributed by atoms with Gasteiger partial charge in [0.25, 0.3) is 5.91 Å². The zero-order chi connectivity index (χ0) is 13.4. The van der Waals surface area contributed by atoms with Crippen molar-refractivity contribution in [1.82, 2.24) is 14.5 Å². The number of hydrogen-bond donors (Lipinski definition) is 1. The Morgan fingerprint density at radius 2 is 2.26 bits per heavy atom. The number of rotatable bonds is 2. The van der Waals surface area contributed by atoms with Crippen LogP contribution in [-0.4, -0.2) is 49.2 Å². The standard InChI is InChI=1S/C12H11N3O3S/c16-11(14-7-19-6-10(14)12(17)18)8-5-13-15-4-2-1-3-9(8)15/h1-5,10H,6-7H2,(H,17,18)/t10-/m0/s1. The Bertz CT molecular complexity index is 654. The molecule has 3 heterocycles. The molecule has 0 bridgehead atoms. The van der Waals surface area contributed by atoms with Crippen LogP contribution >= 0.6 is 11.8 Å². The summed E-state index contributed by atoms with van der Waals surface area (Å²) in [7, 11) is 0. The predicted molar refractivity (Wildman–Crippen MR) is 70.1 cm³/mol. The third kappa shape index (κ3) is 1.95. The summed E-state index contributed by atoms with van der Waals surface area (Å²) >= 11 is 1.45. The van der Waals surface area contributed by atoms with E-state index in [-0.39, 0.29) is 5.91 Å². The molecule has 1 fully saturated rings. The number of carbonyl (C=O) groups is 2. The number of fused-ring (bicyclic) bond motifs is 1. The summed E-state index contributed by atoms with van der Waals surface area (Å²) < 4.78 is 1.60. The number of thioether (sulfide) groups is 1. The Labute approximate surface area is 113 Å². The van der Waals surface area contributed by atoms with Crippen LogP contribution in [0, 0.1) is 0 Å². The highest BCUT2D eigenvalue weighted by molar-refractivity contribution is 7.99. The molecular weight excluding hydrogens is 266 g/mol. The van der Waals surface area contributed by atoms with E-state index < -0.39 is 12.0 Å². The normalized spacial score (nSPS) is 18.9. The van der Waals surface area contributed by atoms with Crippen molar-refractivity contribution in [2.45, 2.75) is 6.04 Å². The molecule has 2 aromatic rings. The number of nitrogens with zero attached hydrogens (tertiary/aromatic N) is 3. The summed E-state index contributed by atoms with van der Waals surface area (Å²) in [6.07, 6.45) is 3.24. The third-order valence-corrected chi connectivity index (χ3v) is 4.10. The molecule has 0 aromatic carbocycles. The van der Waals surface area contributed by atoms with Crippen LogP contribution in [0.4, 0.5) is 0 Å². The van der Waals surface area contributed by atoms with Gasteiger partial charge in [-0.3, -0.25) is 4.79 Å². The molecule has 0 radical (unpaired) electrons. The summed E-state index contributed by atoms with van der Waals surface area (Å²) in [6, 6.07) is 4.68. The zero-order valence-corrected chi connectivity index (χ0v) is 10.7. The lowest BCUT2D eigenvalue weighted by Crippen LogP contribution is -2.41. The number of hydrogen-bond acceptors (Lipinski definition) is 4. The first-order valence-electron chi connectivity index (χ1n) is 5.72.